The molecule has 0 saturated carbocycles. The summed E-state index contributed by atoms with van der Waals surface area (Å²) in [4.78, 5) is 3.17. The molecule has 0 atom stereocenters. The van der Waals surface area contributed by atoms with Crippen molar-refractivity contribution in [1.82, 2.24) is 19.3 Å². The van der Waals surface area contributed by atoms with E-state index in [1.54, 1.807) is 16.8 Å². The normalized spacial score (nSPS) is 11.3. The summed E-state index contributed by atoms with van der Waals surface area (Å²) in [6.07, 6.45) is 0. The molecular formula is C13H13FN4S. The quantitative estimate of drug-likeness (QED) is 0.731. The number of H-pyrrole nitrogens is 1. The highest BCUT2D eigenvalue weighted by molar-refractivity contribution is 7.71. The fourth-order valence-electron chi connectivity index (χ4n) is 2.29. The number of fused-ring (bicyclic) bond motifs is 1. The molecule has 0 aliphatic carbocycles. The molecule has 0 spiro atoms. The fraction of sp³-hybridized carbons (Fsp3) is 0.231. The Morgan fingerprint density at radius 3 is 2.68 bits per heavy atom. The van der Waals surface area contributed by atoms with E-state index in [1.807, 2.05) is 18.5 Å². The molecule has 3 aromatic rings. The zero-order valence-electron chi connectivity index (χ0n) is 10.6. The molecule has 19 heavy (non-hydrogen) atoms. The van der Waals surface area contributed by atoms with E-state index in [1.165, 1.54) is 12.1 Å². The molecule has 0 fully saturated rings. The number of hydrogen-bond acceptors (Lipinski definition) is 2. The molecule has 0 aliphatic heterocycles. The van der Waals surface area contributed by atoms with Crippen LogP contribution in [0.3, 0.4) is 0 Å². The summed E-state index contributed by atoms with van der Waals surface area (Å²) in [6.45, 7) is 2.54. The van der Waals surface area contributed by atoms with Crippen LogP contribution < -0.4 is 0 Å². The Morgan fingerprint density at radius 2 is 2.00 bits per heavy atom. The molecule has 0 bridgehead atoms. The molecule has 4 nitrogen and oxygen atoms in total. The Labute approximate surface area is 114 Å². The highest BCUT2D eigenvalue weighted by atomic mass is 32.1. The molecule has 1 N–H and O–H groups in total. The van der Waals surface area contributed by atoms with E-state index in [0.29, 0.717) is 11.3 Å². The number of rotatable bonds is 2. The number of imidazole rings is 1. The van der Waals surface area contributed by atoms with Crippen LogP contribution in [0, 0.1) is 17.5 Å². The van der Waals surface area contributed by atoms with Gasteiger partial charge in [0.15, 0.2) is 10.4 Å². The SMILES string of the molecule is Cc1nn(C)c2c1[nH]c(=S)n2Cc1ccc(F)cc1. The number of benzene rings is 1. The Balaban J connectivity index is 2.12. The average molecular weight is 276 g/mol. The maximum Gasteiger partial charge on any atom is 0.179 e. The minimum absolute atomic E-state index is 0.233. The first kappa shape index (κ1) is 12.1. The second-order valence-electron chi connectivity index (χ2n) is 4.55. The Hall–Kier alpha value is -1.95. The summed E-state index contributed by atoms with van der Waals surface area (Å²) in [5.41, 5.74) is 3.82. The molecule has 0 amide bonds. The van der Waals surface area contributed by atoms with Crippen LogP contribution in [-0.4, -0.2) is 19.3 Å². The summed E-state index contributed by atoms with van der Waals surface area (Å²) >= 11 is 5.34. The summed E-state index contributed by atoms with van der Waals surface area (Å²) in [6, 6.07) is 6.44. The Morgan fingerprint density at radius 1 is 1.32 bits per heavy atom. The molecule has 6 heteroatoms. The van der Waals surface area contributed by atoms with Crippen molar-refractivity contribution in [2.45, 2.75) is 13.5 Å². The first-order chi connectivity index (χ1) is 9.06. The minimum atomic E-state index is -0.233. The third kappa shape index (κ3) is 1.98. The van der Waals surface area contributed by atoms with Gasteiger partial charge in [-0.15, -0.1) is 0 Å². The van der Waals surface area contributed by atoms with Crippen LogP contribution in [0.4, 0.5) is 4.39 Å². The zero-order chi connectivity index (χ0) is 13.6. The van der Waals surface area contributed by atoms with Gasteiger partial charge in [-0.05, 0) is 36.8 Å². The predicted octanol–water partition coefficient (Wildman–Crippen LogP) is 2.93. The van der Waals surface area contributed by atoms with E-state index in [4.69, 9.17) is 12.2 Å². The van der Waals surface area contributed by atoms with Crippen LogP contribution in [0.15, 0.2) is 24.3 Å². The molecule has 0 saturated heterocycles. The molecule has 0 aliphatic rings. The maximum absolute atomic E-state index is 12.9. The van der Waals surface area contributed by atoms with Gasteiger partial charge in [0, 0.05) is 7.05 Å². The first-order valence-electron chi connectivity index (χ1n) is 5.93. The van der Waals surface area contributed by atoms with Gasteiger partial charge in [0.25, 0.3) is 0 Å². The van der Waals surface area contributed by atoms with E-state index in [0.717, 1.165) is 22.4 Å². The number of halogens is 1. The lowest BCUT2D eigenvalue weighted by atomic mass is 10.2. The second-order valence-corrected chi connectivity index (χ2v) is 4.94. The van der Waals surface area contributed by atoms with E-state index in [2.05, 4.69) is 10.1 Å². The topological polar surface area (TPSA) is 38.5 Å². The molecule has 3 rings (SSSR count). The van der Waals surface area contributed by atoms with E-state index >= 15 is 0 Å². The third-order valence-corrected chi connectivity index (χ3v) is 3.50. The van der Waals surface area contributed by atoms with Crippen molar-refractivity contribution in [3.8, 4) is 0 Å². The first-order valence-corrected chi connectivity index (χ1v) is 6.33. The largest absolute Gasteiger partial charge is 0.328 e. The van der Waals surface area contributed by atoms with Crippen molar-refractivity contribution in [2.24, 2.45) is 7.05 Å². The van der Waals surface area contributed by atoms with Crippen LogP contribution in [0.1, 0.15) is 11.3 Å². The van der Waals surface area contributed by atoms with Crippen molar-refractivity contribution >= 4 is 23.4 Å². The lowest BCUT2D eigenvalue weighted by molar-refractivity contribution is 0.626. The highest BCUT2D eigenvalue weighted by Crippen LogP contribution is 2.18. The van der Waals surface area contributed by atoms with Crippen LogP contribution in [0.2, 0.25) is 0 Å². The summed E-state index contributed by atoms with van der Waals surface area (Å²) in [7, 11) is 1.89. The number of nitrogens with zero attached hydrogens (tertiary/aromatic N) is 3. The van der Waals surface area contributed by atoms with E-state index < -0.39 is 0 Å². The third-order valence-electron chi connectivity index (χ3n) is 3.18. The van der Waals surface area contributed by atoms with Gasteiger partial charge in [0.2, 0.25) is 0 Å². The molecule has 2 aromatic heterocycles. The molecule has 98 valence electrons. The zero-order valence-corrected chi connectivity index (χ0v) is 11.5. The number of nitrogens with one attached hydrogen (secondary N) is 1. The number of hydrogen-bond donors (Lipinski definition) is 1. The van der Waals surface area contributed by atoms with Gasteiger partial charge >= 0.3 is 0 Å². The maximum atomic E-state index is 12.9. The number of aromatic nitrogens is 4. The van der Waals surface area contributed by atoms with Crippen molar-refractivity contribution in [2.75, 3.05) is 0 Å². The van der Waals surface area contributed by atoms with Crippen LogP contribution in [-0.2, 0) is 13.6 Å². The van der Waals surface area contributed by atoms with Gasteiger partial charge in [0.1, 0.15) is 11.3 Å². The fourth-order valence-corrected chi connectivity index (χ4v) is 2.54. The van der Waals surface area contributed by atoms with Crippen LogP contribution >= 0.6 is 12.2 Å². The van der Waals surface area contributed by atoms with Gasteiger partial charge in [-0.1, -0.05) is 12.1 Å². The van der Waals surface area contributed by atoms with Gasteiger partial charge in [-0.3, -0.25) is 9.25 Å². The van der Waals surface area contributed by atoms with Crippen LogP contribution in [0.25, 0.3) is 11.2 Å². The lowest BCUT2D eigenvalue weighted by Gasteiger charge is -2.05. The van der Waals surface area contributed by atoms with Gasteiger partial charge in [0.05, 0.1) is 12.2 Å². The van der Waals surface area contributed by atoms with Crippen LogP contribution in [0.5, 0.6) is 0 Å². The smallest absolute Gasteiger partial charge is 0.179 e. The van der Waals surface area contributed by atoms with Crippen molar-refractivity contribution in [1.29, 1.82) is 0 Å². The van der Waals surface area contributed by atoms with Crippen molar-refractivity contribution < 1.29 is 4.39 Å². The Kier molecular flexibility index (Phi) is 2.74. The molecule has 1 aromatic carbocycles. The molecular weight excluding hydrogens is 263 g/mol. The second kappa shape index (κ2) is 4.31. The molecule has 0 unspecified atom stereocenters. The van der Waals surface area contributed by atoms with E-state index in [9.17, 15) is 4.39 Å². The summed E-state index contributed by atoms with van der Waals surface area (Å²) in [5.74, 6) is -0.233. The predicted molar refractivity (Wildman–Crippen MR) is 74.1 cm³/mol. The van der Waals surface area contributed by atoms with Gasteiger partial charge < -0.3 is 4.98 Å². The molecule has 0 radical (unpaired) electrons. The van der Waals surface area contributed by atoms with Gasteiger partial charge in [-0.25, -0.2) is 4.39 Å². The number of aryl methyl sites for hydroxylation is 2. The highest BCUT2D eigenvalue weighted by Gasteiger charge is 2.12. The average Bonchev–Trinajstić information content (AvgIpc) is 2.82. The minimum Gasteiger partial charge on any atom is -0.328 e. The van der Waals surface area contributed by atoms with Gasteiger partial charge in [-0.2, -0.15) is 5.10 Å². The van der Waals surface area contributed by atoms with Crippen molar-refractivity contribution in [3.63, 3.8) is 0 Å². The molecule has 2 heterocycles. The van der Waals surface area contributed by atoms with E-state index in [-0.39, 0.29) is 5.82 Å². The monoisotopic (exact) mass is 276 g/mol. The summed E-state index contributed by atoms with van der Waals surface area (Å²) < 4.78 is 17.3. The standard InChI is InChI=1S/C13H13FN4S/c1-8-11-12(17(2)16-8)18(13(19)15-11)7-9-3-5-10(14)6-4-9/h3-6H,7H2,1-2H3,(H,15,19). The summed E-state index contributed by atoms with van der Waals surface area (Å²) in [5, 5.41) is 4.37. The number of aromatic amines is 1. The van der Waals surface area contributed by atoms with Crippen molar-refractivity contribution in [3.05, 3.63) is 46.1 Å². The lowest BCUT2D eigenvalue weighted by Crippen LogP contribution is -2.04. The Bertz CT molecular complexity index is 795.